The topological polar surface area (TPSA) is 85.3 Å². The second-order valence-electron chi connectivity index (χ2n) is 10.8. The molecule has 1 aliphatic carbocycles. The Labute approximate surface area is 286 Å². The Bertz CT molecular complexity index is 1550. The molecule has 1 aliphatic rings. The fourth-order valence-corrected chi connectivity index (χ4v) is 4.89. The maximum atomic E-state index is 12.7. The lowest BCUT2D eigenvalue weighted by Gasteiger charge is -2.19. The molecule has 0 saturated heterocycles. The summed E-state index contributed by atoms with van der Waals surface area (Å²) in [5.74, 6) is -0.610. The molecule has 0 spiro atoms. The summed E-state index contributed by atoms with van der Waals surface area (Å²) in [6.45, 7) is 4.63. The number of hydrogen-bond donors (Lipinski definition) is 0. The molecule has 0 atom stereocenters. The van der Waals surface area contributed by atoms with Crippen LogP contribution in [0.4, 0.5) is 5.69 Å². The Balaban J connectivity index is 1.32. The highest BCUT2D eigenvalue weighted by atomic mass is 35.6. The average molecular weight is 717 g/mol. The quantitative estimate of drug-likeness (QED) is 0.131. The summed E-state index contributed by atoms with van der Waals surface area (Å²) < 4.78 is 1.51. The van der Waals surface area contributed by atoms with E-state index in [0.29, 0.717) is 17.7 Å². The van der Waals surface area contributed by atoms with Gasteiger partial charge in [-0.15, -0.1) is 0 Å². The largest absolute Gasteiger partial charge is 0.460 e. The van der Waals surface area contributed by atoms with Crippen molar-refractivity contribution >= 4 is 93.1 Å². The summed E-state index contributed by atoms with van der Waals surface area (Å²) in [7, 11) is 1.91. The van der Waals surface area contributed by atoms with Crippen molar-refractivity contribution in [3.8, 4) is 11.4 Å². The van der Waals surface area contributed by atoms with E-state index in [-0.39, 0.29) is 35.3 Å². The van der Waals surface area contributed by atoms with Crippen molar-refractivity contribution in [1.29, 1.82) is 0 Å². The molecule has 7 nitrogen and oxygen atoms in total. The van der Waals surface area contributed by atoms with Gasteiger partial charge in [0.25, 0.3) is 0 Å². The van der Waals surface area contributed by atoms with Crippen LogP contribution in [0.5, 0.6) is 0 Å². The number of ketones is 1. The monoisotopic (exact) mass is 714 g/mol. The van der Waals surface area contributed by atoms with Gasteiger partial charge in [0.1, 0.15) is 6.61 Å². The molecule has 0 radical (unpaired) electrons. The number of alkyl halides is 6. The zero-order valence-corrected chi connectivity index (χ0v) is 28.5. The lowest BCUT2D eigenvalue weighted by atomic mass is 9.90. The lowest BCUT2D eigenvalue weighted by Crippen LogP contribution is -2.23. The number of esters is 1. The first-order chi connectivity index (χ1) is 20.5. The molecule has 0 N–H and O–H groups in total. The Morgan fingerprint density at radius 3 is 2.05 bits per heavy atom. The normalized spacial score (nSPS) is 16.1. The fraction of sp³-hybridized carbons (Fsp3) is 0.323. The number of rotatable bonds is 8. The summed E-state index contributed by atoms with van der Waals surface area (Å²) in [6, 6.07) is 14.3. The van der Waals surface area contributed by atoms with Gasteiger partial charge < -0.3 is 9.64 Å². The number of Topliss-reactive ketones (excluding diaryl/α,β-unsaturated/α-hetero) is 1. The molecule has 4 rings (SSSR count). The third-order valence-corrected chi connectivity index (χ3v) is 8.04. The van der Waals surface area contributed by atoms with E-state index in [2.05, 4.69) is 15.0 Å². The maximum absolute atomic E-state index is 12.7. The number of hydrogen-bond acceptors (Lipinski definition) is 7. The molecular formula is C31H28Cl6N4O3. The molecule has 13 heteroatoms. The van der Waals surface area contributed by atoms with Crippen LogP contribution in [0.25, 0.3) is 17.5 Å². The van der Waals surface area contributed by atoms with Gasteiger partial charge >= 0.3 is 5.97 Å². The van der Waals surface area contributed by atoms with E-state index in [1.807, 2.05) is 68.3 Å². The zero-order chi connectivity index (χ0) is 32.3. The Kier molecular flexibility index (Phi) is 10.9. The van der Waals surface area contributed by atoms with Crippen molar-refractivity contribution in [3.05, 3.63) is 89.0 Å². The third kappa shape index (κ3) is 8.87. The van der Waals surface area contributed by atoms with Crippen LogP contribution in [-0.2, 0) is 17.1 Å². The van der Waals surface area contributed by atoms with Crippen LogP contribution in [0.3, 0.4) is 0 Å². The van der Waals surface area contributed by atoms with Crippen LogP contribution in [0.1, 0.15) is 54.3 Å². The second kappa shape index (κ2) is 13.9. The van der Waals surface area contributed by atoms with E-state index in [1.54, 1.807) is 24.3 Å². The van der Waals surface area contributed by atoms with Crippen molar-refractivity contribution < 1.29 is 14.3 Å². The van der Waals surface area contributed by atoms with Crippen molar-refractivity contribution in [2.75, 3.05) is 25.1 Å². The Morgan fingerprint density at radius 1 is 0.932 bits per heavy atom. The number of nitrogens with zero attached hydrogens (tertiary/aromatic N) is 4. The summed E-state index contributed by atoms with van der Waals surface area (Å²) in [5, 5.41) is 0. The van der Waals surface area contributed by atoms with Gasteiger partial charge in [-0.3, -0.25) is 4.79 Å². The van der Waals surface area contributed by atoms with E-state index in [9.17, 15) is 9.59 Å². The van der Waals surface area contributed by atoms with Crippen LogP contribution < -0.4 is 4.90 Å². The number of carbonyl (C=O) groups is 2. The van der Waals surface area contributed by atoms with E-state index in [0.717, 1.165) is 29.7 Å². The third-order valence-electron chi connectivity index (χ3n) is 7.03. The van der Waals surface area contributed by atoms with Crippen molar-refractivity contribution in [2.45, 2.75) is 34.3 Å². The van der Waals surface area contributed by atoms with Gasteiger partial charge in [0.2, 0.25) is 7.59 Å². The second-order valence-corrected chi connectivity index (χ2v) is 15.4. The predicted octanol–water partition coefficient (Wildman–Crippen LogP) is 8.81. The molecule has 232 valence electrons. The van der Waals surface area contributed by atoms with Gasteiger partial charge in [0.05, 0.1) is 12.1 Å². The van der Waals surface area contributed by atoms with Crippen LogP contribution >= 0.6 is 69.6 Å². The molecule has 1 aromatic heterocycles. The summed E-state index contributed by atoms with van der Waals surface area (Å²) in [4.78, 5) is 39.3. The minimum atomic E-state index is -1.98. The van der Waals surface area contributed by atoms with Crippen molar-refractivity contribution in [3.63, 3.8) is 0 Å². The van der Waals surface area contributed by atoms with Crippen molar-refractivity contribution in [2.24, 2.45) is 5.41 Å². The van der Waals surface area contributed by atoms with Gasteiger partial charge in [-0.2, -0.15) is 0 Å². The predicted molar refractivity (Wildman–Crippen MR) is 179 cm³/mol. The number of allylic oxidation sites excluding steroid dienone is 3. The van der Waals surface area contributed by atoms with Gasteiger partial charge in [-0.05, 0) is 48.2 Å². The highest BCUT2D eigenvalue weighted by Gasteiger charge is 2.36. The number of halogens is 6. The standard InChI is InChI=1S/C31H28Cl6N4O3/c1-29(2)16-15-20(24(29)42)6-4-5-19-7-13-23(14-8-19)41(3)17-18-44-26(43)22-11-9-21(10-12-22)25-38-27(30(32,33)34)40-28(39-25)31(35,36)37/h4-14H,15-18H2,1-3H3. The number of carbonyl (C=O) groups excluding carboxylic acids is 2. The van der Waals surface area contributed by atoms with E-state index in [4.69, 9.17) is 74.3 Å². The molecule has 44 heavy (non-hydrogen) atoms. The van der Waals surface area contributed by atoms with Gasteiger partial charge in [-0.1, -0.05) is 126 Å². The highest BCUT2D eigenvalue weighted by molar-refractivity contribution is 6.67. The van der Waals surface area contributed by atoms with Crippen molar-refractivity contribution in [1.82, 2.24) is 15.0 Å². The van der Waals surface area contributed by atoms with E-state index < -0.39 is 13.6 Å². The molecular weight excluding hydrogens is 689 g/mol. The number of ether oxygens (including phenoxy) is 1. The minimum Gasteiger partial charge on any atom is -0.460 e. The lowest BCUT2D eigenvalue weighted by molar-refractivity contribution is -0.121. The van der Waals surface area contributed by atoms with Crippen LogP contribution in [0.15, 0.2) is 66.3 Å². The average Bonchev–Trinajstić information content (AvgIpc) is 3.23. The first-order valence-corrected chi connectivity index (χ1v) is 15.7. The minimum absolute atomic E-state index is 0.0932. The van der Waals surface area contributed by atoms with Gasteiger partial charge in [0.15, 0.2) is 23.3 Å². The molecule has 1 fully saturated rings. The molecule has 0 amide bonds. The molecule has 0 aliphatic heterocycles. The number of benzene rings is 2. The summed E-state index contributed by atoms with van der Waals surface area (Å²) in [5.41, 5.74) is 3.39. The van der Waals surface area contributed by atoms with Crippen LogP contribution in [0.2, 0.25) is 0 Å². The molecule has 3 aromatic rings. The summed E-state index contributed by atoms with van der Waals surface area (Å²) >= 11 is 35.7. The maximum Gasteiger partial charge on any atom is 0.338 e. The van der Waals surface area contributed by atoms with Crippen LogP contribution in [-0.4, -0.2) is 46.9 Å². The first-order valence-electron chi connectivity index (χ1n) is 13.5. The fourth-order valence-electron chi connectivity index (χ4n) is 4.38. The van der Waals surface area contributed by atoms with Crippen LogP contribution in [0, 0.1) is 5.41 Å². The smallest absolute Gasteiger partial charge is 0.338 e. The molecule has 0 bridgehead atoms. The first kappa shape index (κ1) is 34.5. The SMILES string of the molecule is CN(CCOC(=O)c1ccc(-c2nc(C(Cl)(Cl)Cl)nc(C(Cl)(Cl)Cl)n2)cc1)c1ccc(C=CC=C2CCC(C)(C)C2=O)cc1. The highest BCUT2D eigenvalue weighted by Crippen LogP contribution is 2.41. The molecule has 1 heterocycles. The summed E-state index contributed by atoms with van der Waals surface area (Å²) in [6.07, 6.45) is 7.52. The van der Waals surface area contributed by atoms with E-state index in [1.165, 1.54) is 0 Å². The van der Waals surface area contributed by atoms with Gasteiger partial charge in [-0.25, -0.2) is 19.7 Å². The van der Waals surface area contributed by atoms with Gasteiger partial charge in [0, 0.05) is 23.7 Å². The zero-order valence-electron chi connectivity index (χ0n) is 24.0. The van der Waals surface area contributed by atoms with E-state index >= 15 is 0 Å². The molecule has 2 aromatic carbocycles. The molecule has 0 unspecified atom stereocenters. The number of anilines is 1. The number of likely N-dealkylation sites (N-methyl/N-ethyl adjacent to an activating group) is 1. The number of aromatic nitrogens is 3. The Hall–Kier alpha value is -2.39. The molecule has 1 saturated carbocycles. The Morgan fingerprint density at radius 2 is 1.52 bits per heavy atom.